The highest BCUT2D eigenvalue weighted by Crippen LogP contribution is 2.44. The van der Waals surface area contributed by atoms with Crippen LogP contribution in [0.4, 0.5) is 0 Å². The van der Waals surface area contributed by atoms with Gasteiger partial charge in [0.05, 0.1) is 11.0 Å². The summed E-state index contributed by atoms with van der Waals surface area (Å²) in [5.41, 5.74) is 0.770. The van der Waals surface area contributed by atoms with Gasteiger partial charge in [0, 0.05) is 21.5 Å². The number of halogens is 2. The Morgan fingerprint density at radius 1 is 1.39 bits per heavy atom. The van der Waals surface area contributed by atoms with Crippen molar-refractivity contribution in [3.8, 4) is 5.75 Å². The van der Waals surface area contributed by atoms with Gasteiger partial charge in [0.25, 0.3) is 0 Å². The fraction of sp³-hybridized carbons (Fsp3) is 0.231. The largest absolute Gasteiger partial charge is 0.484 e. The van der Waals surface area contributed by atoms with E-state index in [-0.39, 0.29) is 6.10 Å². The molecule has 3 rings (SSSR count). The van der Waals surface area contributed by atoms with Crippen LogP contribution in [0.2, 0.25) is 5.02 Å². The van der Waals surface area contributed by atoms with Crippen LogP contribution < -0.4 is 4.74 Å². The van der Waals surface area contributed by atoms with Crippen molar-refractivity contribution in [2.75, 3.05) is 0 Å². The first-order valence-corrected chi connectivity index (χ1v) is 7.57. The summed E-state index contributed by atoms with van der Waals surface area (Å²) in [7, 11) is 0. The number of hydrogen-bond acceptors (Lipinski definition) is 3. The van der Waals surface area contributed by atoms with Gasteiger partial charge in [0.1, 0.15) is 11.9 Å². The fourth-order valence-electron chi connectivity index (χ4n) is 2.11. The molecule has 0 spiro atoms. The van der Waals surface area contributed by atoms with Crippen LogP contribution in [0, 0.1) is 0 Å². The maximum absolute atomic E-state index is 10.2. The zero-order valence-corrected chi connectivity index (χ0v) is 12.4. The van der Waals surface area contributed by atoms with Gasteiger partial charge in [-0.3, -0.25) is 0 Å². The van der Waals surface area contributed by atoms with E-state index in [4.69, 9.17) is 16.3 Å². The molecule has 0 bridgehead atoms. The maximum atomic E-state index is 10.2. The maximum Gasteiger partial charge on any atom is 0.137 e. The number of thiophene rings is 1. The lowest BCUT2D eigenvalue weighted by Gasteiger charge is -2.29. The Labute approximate surface area is 122 Å². The molecule has 0 saturated carbocycles. The van der Waals surface area contributed by atoms with E-state index >= 15 is 0 Å². The van der Waals surface area contributed by atoms with E-state index in [0.717, 1.165) is 14.9 Å². The third kappa shape index (κ3) is 2.18. The molecule has 1 unspecified atom stereocenters. The second-order valence-electron chi connectivity index (χ2n) is 4.17. The minimum absolute atomic E-state index is 0.108. The Balaban J connectivity index is 1.97. The van der Waals surface area contributed by atoms with Crippen molar-refractivity contribution >= 4 is 38.9 Å². The van der Waals surface area contributed by atoms with Crippen LogP contribution in [0.5, 0.6) is 5.75 Å². The summed E-state index contributed by atoms with van der Waals surface area (Å²) in [6.45, 7) is 0. The van der Waals surface area contributed by atoms with E-state index in [1.54, 1.807) is 23.5 Å². The Morgan fingerprint density at radius 2 is 2.22 bits per heavy atom. The minimum atomic E-state index is -0.536. The molecule has 2 nitrogen and oxygen atoms in total. The van der Waals surface area contributed by atoms with Gasteiger partial charge >= 0.3 is 0 Å². The number of hydrogen-bond donors (Lipinski definition) is 1. The average molecular weight is 346 g/mol. The monoisotopic (exact) mass is 344 g/mol. The van der Waals surface area contributed by atoms with Crippen LogP contribution in [-0.2, 0) is 0 Å². The molecule has 0 amide bonds. The number of aliphatic hydroxyl groups is 1. The van der Waals surface area contributed by atoms with Crippen molar-refractivity contribution in [3.05, 3.63) is 49.6 Å². The van der Waals surface area contributed by atoms with E-state index in [9.17, 15) is 5.11 Å². The zero-order chi connectivity index (χ0) is 12.7. The van der Waals surface area contributed by atoms with Crippen molar-refractivity contribution in [2.24, 2.45) is 0 Å². The van der Waals surface area contributed by atoms with E-state index in [0.29, 0.717) is 17.2 Å². The molecule has 0 fully saturated rings. The quantitative estimate of drug-likeness (QED) is 0.810. The highest BCUT2D eigenvalue weighted by Gasteiger charge is 2.29. The van der Waals surface area contributed by atoms with E-state index in [1.165, 1.54) is 0 Å². The van der Waals surface area contributed by atoms with Crippen LogP contribution in [0.1, 0.15) is 29.1 Å². The van der Waals surface area contributed by atoms with Crippen LogP contribution >= 0.6 is 38.9 Å². The number of fused-ring (bicyclic) bond motifs is 1. The zero-order valence-electron chi connectivity index (χ0n) is 9.27. The van der Waals surface area contributed by atoms with Crippen LogP contribution in [0.3, 0.4) is 0 Å². The lowest BCUT2D eigenvalue weighted by atomic mass is 9.98. The molecule has 18 heavy (non-hydrogen) atoms. The van der Waals surface area contributed by atoms with E-state index in [1.807, 2.05) is 17.5 Å². The van der Waals surface area contributed by atoms with Crippen LogP contribution in [0.15, 0.2) is 34.1 Å². The van der Waals surface area contributed by atoms with Crippen molar-refractivity contribution in [1.82, 2.24) is 0 Å². The number of benzene rings is 1. The predicted octanol–water partition coefficient (Wildman–Crippen LogP) is 4.72. The predicted molar refractivity (Wildman–Crippen MR) is 76.4 cm³/mol. The molecule has 94 valence electrons. The molecule has 2 aromatic rings. The first-order chi connectivity index (χ1) is 8.65. The lowest BCUT2D eigenvalue weighted by molar-refractivity contribution is 0.0671. The summed E-state index contributed by atoms with van der Waals surface area (Å²) in [5.74, 6) is 0.712. The molecule has 2 heterocycles. The van der Waals surface area contributed by atoms with Gasteiger partial charge in [-0.15, -0.1) is 11.3 Å². The van der Waals surface area contributed by atoms with Crippen molar-refractivity contribution in [2.45, 2.75) is 18.6 Å². The summed E-state index contributed by atoms with van der Waals surface area (Å²) in [6, 6.07) is 7.35. The molecule has 1 N–H and O–H groups in total. The topological polar surface area (TPSA) is 29.5 Å². The fourth-order valence-corrected chi connectivity index (χ4v) is 3.96. The Hall–Kier alpha value is -0.550. The summed E-state index contributed by atoms with van der Waals surface area (Å²) in [5, 5.41) is 12.8. The SMILES string of the molecule is O[C@H]1CC(c2sccc2Br)Oc2ccc(Cl)cc21. The Kier molecular flexibility index (Phi) is 3.36. The highest BCUT2D eigenvalue weighted by molar-refractivity contribution is 9.10. The van der Waals surface area contributed by atoms with Gasteiger partial charge in [0.2, 0.25) is 0 Å². The first kappa shape index (κ1) is 12.5. The summed E-state index contributed by atoms with van der Waals surface area (Å²) >= 11 is 11.1. The first-order valence-electron chi connectivity index (χ1n) is 5.52. The highest BCUT2D eigenvalue weighted by atomic mass is 79.9. The van der Waals surface area contributed by atoms with Gasteiger partial charge in [-0.05, 0) is 45.6 Å². The number of ether oxygens (including phenoxy) is 1. The molecule has 1 aromatic heterocycles. The summed E-state index contributed by atoms with van der Waals surface area (Å²) in [6.07, 6.45) is -0.0959. The van der Waals surface area contributed by atoms with Crippen LogP contribution in [0.25, 0.3) is 0 Å². The van der Waals surface area contributed by atoms with E-state index < -0.39 is 6.10 Å². The Morgan fingerprint density at radius 3 is 2.94 bits per heavy atom. The van der Waals surface area contributed by atoms with Crippen molar-refractivity contribution in [1.29, 1.82) is 0 Å². The standard InChI is InChI=1S/C13H10BrClO2S/c14-9-3-4-18-13(9)12-6-10(16)8-5-7(15)1-2-11(8)17-12/h1-5,10,12,16H,6H2/t10-,12?/m0/s1. The van der Waals surface area contributed by atoms with E-state index in [2.05, 4.69) is 15.9 Å². The second kappa shape index (κ2) is 4.85. The number of aliphatic hydroxyl groups excluding tert-OH is 1. The molecule has 1 aliphatic rings. The normalized spacial score (nSPS) is 22.4. The molecule has 0 saturated heterocycles. The molecule has 0 aliphatic carbocycles. The lowest BCUT2D eigenvalue weighted by Crippen LogP contribution is -2.18. The summed E-state index contributed by atoms with van der Waals surface area (Å²) < 4.78 is 6.97. The summed E-state index contributed by atoms with van der Waals surface area (Å²) in [4.78, 5) is 1.11. The molecule has 1 aliphatic heterocycles. The molecule has 5 heteroatoms. The van der Waals surface area contributed by atoms with Gasteiger partial charge < -0.3 is 9.84 Å². The van der Waals surface area contributed by atoms with Crippen molar-refractivity contribution in [3.63, 3.8) is 0 Å². The minimum Gasteiger partial charge on any atom is -0.484 e. The Bertz CT molecular complexity index is 584. The number of rotatable bonds is 1. The van der Waals surface area contributed by atoms with Crippen molar-refractivity contribution < 1.29 is 9.84 Å². The van der Waals surface area contributed by atoms with Crippen LogP contribution in [-0.4, -0.2) is 5.11 Å². The smallest absolute Gasteiger partial charge is 0.137 e. The molecular formula is C13H10BrClO2S. The molecule has 2 atom stereocenters. The van der Waals surface area contributed by atoms with Gasteiger partial charge in [0.15, 0.2) is 0 Å². The third-order valence-electron chi connectivity index (χ3n) is 2.97. The molecule has 1 aromatic carbocycles. The van der Waals surface area contributed by atoms with Gasteiger partial charge in [-0.1, -0.05) is 11.6 Å². The van der Waals surface area contributed by atoms with Gasteiger partial charge in [-0.2, -0.15) is 0 Å². The average Bonchev–Trinajstić information content (AvgIpc) is 2.76. The molecule has 0 radical (unpaired) electrons. The molecular weight excluding hydrogens is 336 g/mol. The van der Waals surface area contributed by atoms with Gasteiger partial charge in [-0.25, -0.2) is 0 Å². The third-order valence-corrected chi connectivity index (χ3v) is 5.17. The second-order valence-corrected chi connectivity index (χ2v) is 6.41.